The zero-order valence-electron chi connectivity index (χ0n) is 11.6. The molecule has 0 saturated carbocycles. The van der Waals surface area contributed by atoms with Gasteiger partial charge in [-0.1, -0.05) is 11.8 Å². The van der Waals surface area contributed by atoms with Gasteiger partial charge in [0.15, 0.2) is 11.6 Å². The van der Waals surface area contributed by atoms with Gasteiger partial charge in [-0.05, 0) is 6.07 Å². The number of nitrogens with zero attached hydrogens (tertiary/aromatic N) is 1. The minimum Gasteiger partial charge on any atom is -0.477 e. The maximum atomic E-state index is 13.5. The van der Waals surface area contributed by atoms with Gasteiger partial charge >= 0.3 is 11.9 Å². The summed E-state index contributed by atoms with van der Waals surface area (Å²) < 4.78 is 33.2. The minimum absolute atomic E-state index is 0.0600. The lowest BCUT2D eigenvalue weighted by atomic mass is 10.1. The van der Waals surface area contributed by atoms with E-state index in [-0.39, 0.29) is 22.5 Å². The second kappa shape index (κ2) is 5.34. The van der Waals surface area contributed by atoms with Crippen LogP contribution in [0.5, 0.6) is 0 Å². The van der Waals surface area contributed by atoms with Crippen LogP contribution in [0.4, 0.5) is 8.78 Å². The zero-order chi connectivity index (χ0) is 16.9. The normalized spacial score (nSPS) is 15.9. The van der Waals surface area contributed by atoms with Gasteiger partial charge in [0, 0.05) is 18.4 Å². The Morgan fingerprint density at radius 1 is 1.35 bits per heavy atom. The number of halogens is 2. The first-order valence-electron chi connectivity index (χ1n) is 6.41. The molecule has 1 unspecified atom stereocenters. The number of aromatic carboxylic acids is 1. The Kier molecular flexibility index (Phi) is 3.59. The summed E-state index contributed by atoms with van der Waals surface area (Å²) in [6.45, 7) is 1.13. The molecule has 0 spiro atoms. The summed E-state index contributed by atoms with van der Waals surface area (Å²) in [5, 5.41) is 8.58. The molecule has 6 nitrogen and oxygen atoms in total. The summed E-state index contributed by atoms with van der Waals surface area (Å²) in [6, 6.07) is 1.51. The number of benzene rings is 1. The van der Waals surface area contributed by atoms with E-state index in [4.69, 9.17) is 4.74 Å². The Bertz CT molecular complexity index is 924. The van der Waals surface area contributed by atoms with Gasteiger partial charge in [0.25, 0.3) is 0 Å². The smallest absolute Gasteiger partial charge is 0.342 e. The Morgan fingerprint density at radius 3 is 2.61 bits per heavy atom. The molecule has 1 N–H and O–H groups in total. The van der Waals surface area contributed by atoms with Crippen LogP contribution >= 0.6 is 11.8 Å². The minimum atomic E-state index is -1.45. The number of thioether (sulfide) groups is 1. The maximum absolute atomic E-state index is 13.5. The molecule has 23 heavy (non-hydrogen) atoms. The van der Waals surface area contributed by atoms with Crippen molar-refractivity contribution in [2.24, 2.45) is 0 Å². The third-order valence-corrected chi connectivity index (χ3v) is 4.62. The second-order valence-corrected chi connectivity index (χ2v) is 6.01. The lowest BCUT2D eigenvalue weighted by molar-refractivity contribution is -0.141. The number of ether oxygens (including phenoxy) is 1. The number of carboxylic acids is 1. The van der Waals surface area contributed by atoms with Crippen LogP contribution in [-0.4, -0.2) is 28.2 Å². The van der Waals surface area contributed by atoms with E-state index in [1.54, 1.807) is 0 Å². The van der Waals surface area contributed by atoms with Gasteiger partial charge < -0.3 is 14.4 Å². The van der Waals surface area contributed by atoms with E-state index in [0.29, 0.717) is 6.07 Å². The van der Waals surface area contributed by atoms with Crippen LogP contribution in [0.1, 0.15) is 22.7 Å². The molecular weight excluding hydrogens is 332 g/mol. The van der Waals surface area contributed by atoms with E-state index < -0.39 is 39.9 Å². The first kappa shape index (κ1) is 15.5. The summed E-state index contributed by atoms with van der Waals surface area (Å²) in [7, 11) is 0. The molecule has 0 saturated heterocycles. The van der Waals surface area contributed by atoms with Gasteiger partial charge in [0.2, 0.25) is 5.43 Å². The van der Waals surface area contributed by atoms with E-state index >= 15 is 0 Å². The van der Waals surface area contributed by atoms with Crippen molar-refractivity contribution in [3.8, 4) is 0 Å². The average molecular weight is 341 g/mol. The van der Waals surface area contributed by atoms with Crippen LogP contribution in [-0.2, 0) is 9.53 Å². The SMILES string of the molecule is CC(=O)OCC1Sc2c(C(=O)O)c(=O)c3cc(F)c(F)cc3n21. The quantitative estimate of drug-likeness (QED) is 0.861. The lowest BCUT2D eigenvalue weighted by Gasteiger charge is -2.34. The first-order valence-corrected chi connectivity index (χ1v) is 7.29. The number of carboxylic acid groups (broad SMARTS) is 1. The van der Waals surface area contributed by atoms with Crippen molar-refractivity contribution >= 4 is 34.6 Å². The number of aromatic nitrogens is 1. The average Bonchev–Trinajstić information content (AvgIpc) is 2.43. The van der Waals surface area contributed by atoms with Crippen molar-refractivity contribution in [3.05, 3.63) is 39.6 Å². The molecule has 0 aliphatic carbocycles. The van der Waals surface area contributed by atoms with E-state index in [1.165, 1.54) is 11.5 Å². The largest absolute Gasteiger partial charge is 0.477 e. The molecule has 1 atom stereocenters. The van der Waals surface area contributed by atoms with Crippen molar-refractivity contribution in [2.45, 2.75) is 17.3 Å². The van der Waals surface area contributed by atoms with Crippen LogP contribution in [0.15, 0.2) is 22.0 Å². The summed E-state index contributed by atoms with van der Waals surface area (Å²) in [5.74, 6) is -4.38. The summed E-state index contributed by atoms with van der Waals surface area (Å²) in [4.78, 5) is 34.4. The fraction of sp³-hybridized carbons (Fsp3) is 0.214. The molecule has 1 aromatic heterocycles. The van der Waals surface area contributed by atoms with Gasteiger partial charge in [-0.3, -0.25) is 9.59 Å². The fourth-order valence-corrected chi connectivity index (χ4v) is 3.59. The van der Waals surface area contributed by atoms with Crippen molar-refractivity contribution in [2.75, 3.05) is 6.61 Å². The Morgan fingerprint density at radius 2 is 2.00 bits per heavy atom. The van der Waals surface area contributed by atoms with Crippen LogP contribution in [0.25, 0.3) is 10.9 Å². The maximum Gasteiger partial charge on any atom is 0.342 e. The molecular formula is C14H9F2NO5S. The van der Waals surface area contributed by atoms with E-state index in [2.05, 4.69) is 0 Å². The van der Waals surface area contributed by atoms with Gasteiger partial charge in [0.05, 0.1) is 10.5 Å². The number of carbonyl (C=O) groups is 2. The summed E-state index contributed by atoms with van der Waals surface area (Å²) in [5.41, 5.74) is -1.33. The number of hydrogen-bond acceptors (Lipinski definition) is 5. The monoisotopic (exact) mass is 341 g/mol. The molecule has 1 aliphatic rings. The topological polar surface area (TPSA) is 85.6 Å². The highest BCUT2D eigenvalue weighted by molar-refractivity contribution is 8.00. The third kappa shape index (κ3) is 2.37. The fourth-order valence-electron chi connectivity index (χ4n) is 2.40. The number of hydrogen-bond donors (Lipinski definition) is 1. The molecule has 0 radical (unpaired) electrons. The molecule has 120 valence electrons. The van der Waals surface area contributed by atoms with Crippen molar-refractivity contribution < 1.29 is 28.2 Å². The number of pyridine rings is 1. The predicted octanol–water partition coefficient (Wildman–Crippen LogP) is 2.15. The molecule has 1 aliphatic heterocycles. The molecule has 0 fully saturated rings. The standard InChI is InChI=1S/C14H9F2NO5S/c1-5(18)22-4-10-17-9-3-8(16)7(15)2-6(9)12(19)11(14(20)21)13(17)23-10/h2-3,10H,4H2,1H3,(H,20,21). The van der Waals surface area contributed by atoms with Crippen LogP contribution in [0.3, 0.4) is 0 Å². The molecule has 0 bridgehead atoms. The number of esters is 1. The highest BCUT2D eigenvalue weighted by Crippen LogP contribution is 2.46. The van der Waals surface area contributed by atoms with E-state index in [9.17, 15) is 28.3 Å². The van der Waals surface area contributed by atoms with Crippen molar-refractivity contribution in [3.63, 3.8) is 0 Å². The number of rotatable bonds is 3. The van der Waals surface area contributed by atoms with Gasteiger partial charge in [0.1, 0.15) is 17.5 Å². The van der Waals surface area contributed by atoms with E-state index in [1.807, 2.05) is 0 Å². The Hall–Kier alpha value is -2.42. The van der Waals surface area contributed by atoms with Crippen LogP contribution in [0, 0.1) is 11.6 Å². The molecule has 3 rings (SSSR count). The number of fused-ring (bicyclic) bond motifs is 3. The molecule has 0 amide bonds. The summed E-state index contributed by atoms with van der Waals surface area (Å²) >= 11 is 1.02. The Labute approximate surface area is 131 Å². The highest BCUT2D eigenvalue weighted by atomic mass is 32.2. The van der Waals surface area contributed by atoms with Gasteiger partial charge in [-0.25, -0.2) is 13.6 Å². The van der Waals surface area contributed by atoms with Crippen molar-refractivity contribution in [1.29, 1.82) is 0 Å². The molecule has 2 aromatic rings. The van der Waals surface area contributed by atoms with Crippen LogP contribution < -0.4 is 5.43 Å². The Balaban J connectivity index is 2.26. The van der Waals surface area contributed by atoms with Crippen LogP contribution in [0.2, 0.25) is 0 Å². The lowest BCUT2D eigenvalue weighted by Crippen LogP contribution is -2.31. The molecule has 2 heterocycles. The predicted molar refractivity (Wildman–Crippen MR) is 76.6 cm³/mol. The first-order chi connectivity index (χ1) is 10.8. The van der Waals surface area contributed by atoms with Crippen molar-refractivity contribution in [1.82, 2.24) is 4.57 Å². The highest BCUT2D eigenvalue weighted by Gasteiger charge is 2.36. The molecule has 9 heteroatoms. The number of carbonyl (C=O) groups excluding carboxylic acids is 1. The van der Waals surface area contributed by atoms with E-state index in [0.717, 1.165) is 17.8 Å². The summed E-state index contributed by atoms with van der Waals surface area (Å²) in [6.07, 6.45) is 0. The molecule has 1 aromatic carbocycles. The zero-order valence-corrected chi connectivity index (χ0v) is 12.4. The van der Waals surface area contributed by atoms with Gasteiger partial charge in [-0.15, -0.1) is 0 Å². The second-order valence-electron chi connectivity index (χ2n) is 4.84. The third-order valence-electron chi connectivity index (χ3n) is 3.38. The van der Waals surface area contributed by atoms with Gasteiger partial charge in [-0.2, -0.15) is 0 Å².